The van der Waals surface area contributed by atoms with Crippen molar-refractivity contribution in [3.63, 3.8) is 0 Å². The van der Waals surface area contributed by atoms with E-state index in [0.717, 1.165) is 11.1 Å². The Kier molecular flexibility index (Phi) is 2.94. The zero-order valence-corrected chi connectivity index (χ0v) is 9.86. The molecule has 0 bridgehead atoms. The normalized spacial score (nSPS) is 9.94. The predicted molar refractivity (Wildman–Crippen MR) is 66.3 cm³/mol. The lowest BCUT2D eigenvalue weighted by Crippen LogP contribution is -1.96. The van der Waals surface area contributed by atoms with Gasteiger partial charge in [-0.2, -0.15) is 5.26 Å². The van der Waals surface area contributed by atoms with Crippen molar-refractivity contribution >= 4 is 17.3 Å². The fourth-order valence-electron chi connectivity index (χ4n) is 1.50. The van der Waals surface area contributed by atoms with Crippen molar-refractivity contribution in [1.82, 2.24) is 9.97 Å². The summed E-state index contributed by atoms with van der Waals surface area (Å²) in [7, 11) is 0. The van der Waals surface area contributed by atoms with Crippen molar-refractivity contribution in [2.45, 2.75) is 6.92 Å². The number of nitrogen functional groups attached to an aromatic ring is 1. The average Bonchev–Trinajstić information content (AvgIpc) is 2.32. The van der Waals surface area contributed by atoms with Crippen LogP contribution in [0.15, 0.2) is 24.4 Å². The van der Waals surface area contributed by atoms with Gasteiger partial charge in [0.2, 0.25) is 0 Å². The topological polar surface area (TPSA) is 75.6 Å². The van der Waals surface area contributed by atoms with E-state index >= 15 is 0 Å². The summed E-state index contributed by atoms with van der Waals surface area (Å²) >= 11 is 5.84. The summed E-state index contributed by atoms with van der Waals surface area (Å²) in [4.78, 5) is 8.09. The summed E-state index contributed by atoms with van der Waals surface area (Å²) in [5, 5.41) is 8.83. The number of halogens is 1. The van der Waals surface area contributed by atoms with Gasteiger partial charge in [-0.25, -0.2) is 9.97 Å². The van der Waals surface area contributed by atoms with Gasteiger partial charge in [0.1, 0.15) is 6.07 Å². The lowest BCUT2D eigenvalue weighted by Gasteiger charge is -2.07. The van der Waals surface area contributed by atoms with Crippen LogP contribution in [0.4, 0.5) is 5.69 Å². The highest BCUT2D eigenvalue weighted by Crippen LogP contribution is 2.26. The number of rotatable bonds is 1. The zero-order valence-electron chi connectivity index (χ0n) is 9.11. The fraction of sp³-hybridized carbons (Fsp3) is 0.0833. The van der Waals surface area contributed by atoms with E-state index < -0.39 is 0 Å². The molecule has 0 fully saturated rings. The highest BCUT2D eigenvalue weighted by atomic mass is 35.5. The van der Waals surface area contributed by atoms with Crippen molar-refractivity contribution in [3.05, 3.63) is 40.8 Å². The molecule has 4 nitrogen and oxygen atoms in total. The first-order valence-corrected chi connectivity index (χ1v) is 5.29. The largest absolute Gasteiger partial charge is 0.398 e. The molecule has 1 aromatic heterocycles. The van der Waals surface area contributed by atoms with Gasteiger partial charge >= 0.3 is 0 Å². The van der Waals surface area contributed by atoms with Crippen molar-refractivity contribution in [2.75, 3.05) is 5.73 Å². The molecule has 0 radical (unpaired) electrons. The van der Waals surface area contributed by atoms with E-state index in [1.807, 2.05) is 31.2 Å². The van der Waals surface area contributed by atoms with E-state index in [0.29, 0.717) is 11.4 Å². The molecule has 0 unspecified atom stereocenters. The summed E-state index contributed by atoms with van der Waals surface area (Å²) in [5.41, 5.74) is 9.02. The molecule has 0 aliphatic rings. The molecule has 84 valence electrons. The van der Waals surface area contributed by atoms with Crippen molar-refractivity contribution < 1.29 is 0 Å². The number of hydrogen-bond acceptors (Lipinski definition) is 4. The van der Waals surface area contributed by atoms with Crippen molar-refractivity contribution in [3.8, 4) is 17.3 Å². The van der Waals surface area contributed by atoms with Gasteiger partial charge in [0.05, 0.1) is 11.9 Å². The Morgan fingerprint density at radius 1 is 1.41 bits per heavy atom. The molecule has 2 aromatic rings. The number of nitrogens with two attached hydrogens (primary N) is 1. The second kappa shape index (κ2) is 4.40. The molecular weight excluding hydrogens is 236 g/mol. The maximum atomic E-state index is 8.72. The molecule has 2 rings (SSSR count). The number of nitriles is 1. The Labute approximate surface area is 104 Å². The summed E-state index contributed by atoms with van der Waals surface area (Å²) < 4.78 is 0. The number of nitrogens with zero attached hydrogens (tertiary/aromatic N) is 3. The molecule has 5 heteroatoms. The van der Waals surface area contributed by atoms with Gasteiger partial charge in [0, 0.05) is 11.3 Å². The quantitative estimate of drug-likeness (QED) is 0.783. The first-order chi connectivity index (χ1) is 8.13. The van der Waals surface area contributed by atoms with Gasteiger partial charge in [-0.05, 0) is 18.6 Å². The average molecular weight is 245 g/mol. The lowest BCUT2D eigenvalue weighted by atomic mass is 10.0. The molecule has 0 saturated heterocycles. The van der Waals surface area contributed by atoms with Gasteiger partial charge in [0.15, 0.2) is 10.8 Å². The Balaban J connectivity index is 2.59. The molecule has 2 N–H and O–H groups in total. The molecule has 0 aliphatic carbocycles. The van der Waals surface area contributed by atoms with E-state index in [-0.39, 0.29) is 10.8 Å². The second-order valence-corrected chi connectivity index (χ2v) is 3.88. The smallest absolute Gasteiger partial charge is 0.177 e. The van der Waals surface area contributed by atoms with Crippen LogP contribution in [0.1, 0.15) is 11.3 Å². The molecule has 0 spiro atoms. The standard InChI is InChI=1S/C12H9ClN4/c1-7-8(3-2-4-9(7)15)11-6-16-10(5-14)12(13)17-11/h2-4,6H,15H2,1H3. The third kappa shape index (κ3) is 2.05. The van der Waals surface area contributed by atoms with Crippen LogP contribution in [0, 0.1) is 18.3 Å². The van der Waals surface area contributed by atoms with Crippen LogP contribution in [0.5, 0.6) is 0 Å². The predicted octanol–water partition coefficient (Wildman–Crippen LogP) is 2.56. The molecule has 0 saturated carbocycles. The zero-order chi connectivity index (χ0) is 12.4. The van der Waals surface area contributed by atoms with Gasteiger partial charge in [-0.1, -0.05) is 23.7 Å². The Morgan fingerprint density at radius 2 is 2.18 bits per heavy atom. The third-order valence-corrected chi connectivity index (χ3v) is 2.75. The summed E-state index contributed by atoms with van der Waals surface area (Å²) in [6.07, 6.45) is 1.52. The third-order valence-electron chi connectivity index (χ3n) is 2.49. The highest BCUT2D eigenvalue weighted by molar-refractivity contribution is 6.30. The van der Waals surface area contributed by atoms with Crippen molar-refractivity contribution in [1.29, 1.82) is 5.26 Å². The minimum atomic E-state index is 0.104. The minimum Gasteiger partial charge on any atom is -0.398 e. The number of aromatic nitrogens is 2. The molecule has 0 atom stereocenters. The van der Waals surface area contributed by atoms with E-state index in [9.17, 15) is 0 Å². The Hall–Kier alpha value is -2.12. The molecule has 0 amide bonds. The fourth-order valence-corrected chi connectivity index (χ4v) is 1.68. The number of hydrogen-bond donors (Lipinski definition) is 1. The van der Waals surface area contributed by atoms with Crippen LogP contribution in [0.2, 0.25) is 5.15 Å². The SMILES string of the molecule is Cc1c(N)cccc1-c1cnc(C#N)c(Cl)n1. The van der Waals surface area contributed by atoms with E-state index in [2.05, 4.69) is 9.97 Å². The Bertz CT molecular complexity index is 616. The number of anilines is 1. The van der Waals surface area contributed by atoms with E-state index in [4.69, 9.17) is 22.6 Å². The van der Waals surface area contributed by atoms with E-state index in [1.54, 1.807) is 0 Å². The van der Waals surface area contributed by atoms with Crippen LogP contribution in [0.3, 0.4) is 0 Å². The maximum absolute atomic E-state index is 8.72. The lowest BCUT2D eigenvalue weighted by molar-refractivity contribution is 1.16. The Morgan fingerprint density at radius 3 is 2.82 bits per heavy atom. The van der Waals surface area contributed by atoms with E-state index in [1.165, 1.54) is 6.20 Å². The first-order valence-electron chi connectivity index (χ1n) is 4.91. The second-order valence-electron chi connectivity index (χ2n) is 3.53. The van der Waals surface area contributed by atoms with Crippen LogP contribution < -0.4 is 5.73 Å². The summed E-state index contributed by atoms with van der Waals surface area (Å²) in [5.74, 6) is 0. The van der Waals surface area contributed by atoms with Crippen LogP contribution in [-0.4, -0.2) is 9.97 Å². The van der Waals surface area contributed by atoms with Gasteiger partial charge in [-0.15, -0.1) is 0 Å². The maximum Gasteiger partial charge on any atom is 0.177 e. The monoisotopic (exact) mass is 244 g/mol. The minimum absolute atomic E-state index is 0.104. The molecule has 17 heavy (non-hydrogen) atoms. The number of benzene rings is 1. The first kappa shape index (κ1) is 11.4. The summed E-state index contributed by atoms with van der Waals surface area (Å²) in [6.45, 7) is 1.90. The van der Waals surface area contributed by atoms with Gasteiger partial charge < -0.3 is 5.73 Å². The van der Waals surface area contributed by atoms with Gasteiger partial charge in [0.25, 0.3) is 0 Å². The summed E-state index contributed by atoms with van der Waals surface area (Å²) in [6, 6.07) is 7.41. The van der Waals surface area contributed by atoms with Crippen LogP contribution >= 0.6 is 11.6 Å². The molecule has 1 aromatic carbocycles. The highest BCUT2D eigenvalue weighted by Gasteiger charge is 2.09. The molecular formula is C12H9ClN4. The van der Waals surface area contributed by atoms with Crippen molar-refractivity contribution in [2.24, 2.45) is 0 Å². The van der Waals surface area contributed by atoms with Crippen LogP contribution in [0.25, 0.3) is 11.3 Å². The van der Waals surface area contributed by atoms with Crippen LogP contribution in [-0.2, 0) is 0 Å². The van der Waals surface area contributed by atoms with Gasteiger partial charge in [-0.3, -0.25) is 0 Å². The molecule has 1 heterocycles. The molecule has 0 aliphatic heterocycles.